The monoisotopic (exact) mass is 289 g/mol. The molecule has 0 fully saturated rings. The summed E-state index contributed by atoms with van der Waals surface area (Å²) >= 11 is 1.69. The minimum Gasteiger partial charge on any atom is -0.289 e. The van der Waals surface area contributed by atoms with Crippen LogP contribution in [-0.4, -0.2) is 16.6 Å². The van der Waals surface area contributed by atoms with E-state index >= 15 is 0 Å². The van der Waals surface area contributed by atoms with Gasteiger partial charge < -0.3 is 0 Å². The van der Waals surface area contributed by atoms with Gasteiger partial charge in [0.25, 0.3) is 0 Å². The fourth-order valence-corrected chi connectivity index (χ4v) is 3.22. The van der Waals surface area contributed by atoms with Gasteiger partial charge in [-0.25, -0.2) is 4.98 Å². The van der Waals surface area contributed by atoms with Crippen LogP contribution in [0.4, 0.5) is 0 Å². The zero-order chi connectivity index (χ0) is 14.9. The molecule has 1 aromatic rings. The van der Waals surface area contributed by atoms with Crippen LogP contribution in [0.2, 0.25) is 0 Å². The third kappa shape index (κ3) is 2.80. The normalized spacial score (nSPS) is 16.4. The Kier molecular flexibility index (Phi) is 4.33. The first kappa shape index (κ1) is 14.9. The minimum atomic E-state index is 0.0159. The van der Waals surface area contributed by atoms with Gasteiger partial charge in [-0.15, -0.1) is 11.3 Å². The van der Waals surface area contributed by atoms with Crippen LogP contribution < -0.4 is 0 Å². The zero-order valence-electron chi connectivity index (χ0n) is 12.4. The summed E-state index contributed by atoms with van der Waals surface area (Å²) < 4.78 is 0. The van der Waals surface area contributed by atoms with Gasteiger partial charge in [0, 0.05) is 33.4 Å². The molecule has 0 saturated heterocycles. The molecule has 2 rings (SSSR count). The van der Waals surface area contributed by atoms with Gasteiger partial charge >= 0.3 is 0 Å². The molecule has 0 aromatic carbocycles. The SMILES string of the molecule is CC1=C(C)C(=O)C(CCCc2ncc(C)s2)=C(C)C1=O. The van der Waals surface area contributed by atoms with Gasteiger partial charge in [-0.3, -0.25) is 9.59 Å². The summed E-state index contributed by atoms with van der Waals surface area (Å²) in [4.78, 5) is 29.8. The highest BCUT2D eigenvalue weighted by molar-refractivity contribution is 7.11. The van der Waals surface area contributed by atoms with Crippen molar-refractivity contribution in [3.05, 3.63) is 38.4 Å². The van der Waals surface area contributed by atoms with Crippen molar-refractivity contribution in [3.8, 4) is 0 Å². The van der Waals surface area contributed by atoms with E-state index in [-0.39, 0.29) is 11.6 Å². The highest BCUT2D eigenvalue weighted by atomic mass is 32.1. The molecule has 0 amide bonds. The van der Waals surface area contributed by atoms with Crippen molar-refractivity contribution in [2.24, 2.45) is 0 Å². The minimum absolute atomic E-state index is 0.0159. The zero-order valence-corrected chi connectivity index (χ0v) is 13.2. The molecule has 0 radical (unpaired) electrons. The van der Waals surface area contributed by atoms with Gasteiger partial charge in [0.15, 0.2) is 11.6 Å². The van der Waals surface area contributed by atoms with E-state index in [0.717, 1.165) is 17.8 Å². The summed E-state index contributed by atoms with van der Waals surface area (Å²) in [6.45, 7) is 7.27. The molecular formula is C16H19NO2S. The van der Waals surface area contributed by atoms with Crippen LogP contribution >= 0.6 is 11.3 Å². The fraction of sp³-hybridized carbons (Fsp3) is 0.438. The number of aryl methyl sites for hydroxylation is 2. The lowest BCUT2D eigenvalue weighted by molar-refractivity contribution is -0.116. The van der Waals surface area contributed by atoms with E-state index in [4.69, 9.17) is 0 Å². The van der Waals surface area contributed by atoms with Crippen molar-refractivity contribution < 1.29 is 9.59 Å². The Morgan fingerprint density at radius 2 is 1.60 bits per heavy atom. The van der Waals surface area contributed by atoms with Crippen LogP contribution in [0.3, 0.4) is 0 Å². The number of thiazole rings is 1. The first-order valence-electron chi connectivity index (χ1n) is 6.79. The lowest BCUT2D eigenvalue weighted by atomic mass is 9.84. The summed E-state index contributed by atoms with van der Waals surface area (Å²) in [5, 5.41) is 1.10. The molecule has 0 bridgehead atoms. The average molecular weight is 289 g/mol. The molecule has 20 heavy (non-hydrogen) atoms. The van der Waals surface area contributed by atoms with Gasteiger partial charge in [-0.05, 0) is 47.0 Å². The van der Waals surface area contributed by atoms with Gasteiger partial charge in [0.1, 0.15) is 0 Å². The Bertz CT molecular complexity index is 635. The Morgan fingerprint density at radius 1 is 0.950 bits per heavy atom. The molecular weight excluding hydrogens is 270 g/mol. The molecule has 1 aromatic heterocycles. The van der Waals surface area contributed by atoms with Crippen molar-refractivity contribution in [2.75, 3.05) is 0 Å². The summed E-state index contributed by atoms with van der Waals surface area (Å²) in [5.41, 5.74) is 2.49. The maximum atomic E-state index is 12.3. The van der Waals surface area contributed by atoms with Crippen LogP contribution in [0.1, 0.15) is 43.5 Å². The summed E-state index contributed by atoms with van der Waals surface area (Å²) in [5.74, 6) is 0.0529. The summed E-state index contributed by atoms with van der Waals surface area (Å²) in [6, 6.07) is 0. The highest BCUT2D eigenvalue weighted by Crippen LogP contribution is 2.27. The maximum Gasteiger partial charge on any atom is 0.185 e. The van der Waals surface area contributed by atoms with Gasteiger partial charge in [-0.2, -0.15) is 0 Å². The number of hydrogen-bond acceptors (Lipinski definition) is 4. The predicted octanol–water partition coefficient (Wildman–Crippen LogP) is 3.58. The second-order valence-corrected chi connectivity index (χ2v) is 6.55. The van der Waals surface area contributed by atoms with Gasteiger partial charge in [0.2, 0.25) is 0 Å². The first-order chi connectivity index (χ1) is 9.41. The first-order valence-corrected chi connectivity index (χ1v) is 7.61. The molecule has 106 valence electrons. The lowest BCUT2D eigenvalue weighted by Gasteiger charge is -2.18. The van der Waals surface area contributed by atoms with E-state index in [1.54, 1.807) is 32.1 Å². The molecule has 0 spiro atoms. The molecule has 1 heterocycles. The number of Topliss-reactive ketones (excluding diaryl/α,β-unsaturated/α-hetero) is 2. The predicted molar refractivity (Wildman–Crippen MR) is 80.9 cm³/mol. The lowest BCUT2D eigenvalue weighted by Crippen LogP contribution is -2.20. The van der Waals surface area contributed by atoms with E-state index in [9.17, 15) is 9.59 Å². The number of aromatic nitrogens is 1. The van der Waals surface area contributed by atoms with Crippen LogP contribution in [0, 0.1) is 6.92 Å². The number of carbonyl (C=O) groups is 2. The third-order valence-electron chi connectivity index (χ3n) is 3.80. The van der Waals surface area contributed by atoms with Crippen LogP contribution in [0.5, 0.6) is 0 Å². The summed E-state index contributed by atoms with van der Waals surface area (Å²) in [7, 11) is 0. The fourth-order valence-electron chi connectivity index (χ4n) is 2.39. The Labute approximate surface area is 123 Å². The number of allylic oxidation sites excluding steroid dienone is 4. The molecule has 0 aliphatic heterocycles. The largest absolute Gasteiger partial charge is 0.289 e. The topological polar surface area (TPSA) is 47.0 Å². The van der Waals surface area contributed by atoms with Crippen LogP contribution in [0.25, 0.3) is 0 Å². The van der Waals surface area contributed by atoms with E-state index in [2.05, 4.69) is 4.98 Å². The number of rotatable bonds is 4. The van der Waals surface area contributed by atoms with E-state index in [1.807, 2.05) is 13.1 Å². The molecule has 0 unspecified atom stereocenters. The molecule has 4 heteroatoms. The third-order valence-corrected chi connectivity index (χ3v) is 4.77. The number of hydrogen-bond donors (Lipinski definition) is 0. The van der Waals surface area contributed by atoms with Crippen LogP contribution in [-0.2, 0) is 16.0 Å². The van der Waals surface area contributed by atoms with E-state index in [0.29, 0.717) is 28.7 Å². The highest BCUT2D eigenvalue weighted by Gasteiger charge is 2.27. The van der Waals surface area contributed by atoms with Crippen molar-refractivity contribution >= 4 is 22.9 Å². The van der Waals surface area contributed by atoms with Crippen molar-refractivity contribution in [1.29, 1.82) is 0 Å². The number of nitrogens with zero attached hydrogens (tertiary/aromatic N) is 1. The number of carbonyl (C=O) groups excluding carboxylic acids is 2. The Hall–Kier alpha value is -1.55. The van der Waals surface area contributed by atoms with Crippen molar-refractivity contribution in [3.63, 3.8) is 0 Å². The standard InChI is InChI=1S/C16H19NO2S/c1-9-8-17-14(20-9)7-5-6-13-12(4)15(18)10(2)11(3)16(13)19/h8H,5-7H2,1-4H3. The molecule has 1 aliphatic rings. The quantitative estimate of drug-likeness (QED) is 0.796. The van der Waals surface area contributed by atoms with Gasteiger partial charge in [0.05, 0.1) is 5.01 Å². The molecule has 1 aliphatic carbocycles. The Balaban J connectivity index is 2.05. The molecule has 3 nitrogen and oxygen atoms in total. The second-order valence-electron chi connectivity index (χ2n) is 5.23. The van der Waals surface area contributed by atoms with E-state index in [1.165, 1.54) is 4.88 Å². The van der Waals surface area contributed by atoms with Crippen molar-refractivity contribution in [2.45, 2.75) is 47.0 Å². The molecule has 0 N–H and O–H groups in total. The maximum absolute atomic E-state index is 12.3. The molecule has 0 saturated carbocycles. The smallest absolute Gasteiger partial charge is 0.185 e. The van der Waals surface area contributed by atoms with Crippen LogP contribution in [0.15, 0.2) is 28.5 Å². The average Bonchev–Trinajstić information content (AvgIpc) is 2.84. The van der Waals surface area contributed by atoms with E-state index < -0.39 is 0 Å². The summed E-state index contributed by atoms with van der Waals surface area (Å²) in [6.07, 6.45) is 4.24. The van der Waals surface area contributed by atoms with Crippen molar-refractivity contribution in [1.82, 2.24) is 4.98 Å². The molecule has 0 atom stereocenters. The Morgan fingerprint density at radius 3 is 2.20 bits per heavy atom. The number of ketones is 2. The second kappa shape index (κ2) is 5.83. The van der Waals surface area contributed by atoms with Gasteiger partial charge in [-0.1, -0.05) is 0 Å².